The summed E-state index contributed by atoms with van der Waals surface area (Å²) < 4.78 is 18.0. The maximum atomic E-state index is 13.5. The number of halogens is 2. The summed E-state index contributed by atoms with van der Waals surface area (Å²) in [6.07, 6.45) is 0. The Labute approximate surface area is 114 Å². The van der Waals surface area contributed by atoms with Crippen molar-refractivity contribution < 1.29 is 13.9 Å². The zero-order valence-electron chi connectivity index (χ0n) is 10.2. The van der Waals surface area contributed by atoms with E-state index in [1.807, 2.05) is 0 Å². The van der Waals surface area contributed by atoms with Crippen molar-refractivity contribution in [2.75, 3.05) is 12.4 Å². The van der Waals surface area contributed by atoms with Gasteiger partial charge in [-0.05, 0) is 30.3 Å². The van der Waals surface area contributed by atoms with Crippen molar-refractivity contribution in [3.8, 4) is 0 Å². The van der Waals surface area contributed by atoms with Gasteiger partial charge in [0.25, 0.3) is 0 Å². The molecule has 2 N–H and O–H groups in total. The van der Waals surface area contributed by atoms with E-state index in [0.717, 1.165) is 5.69 Å². The Morgan fingerprint density at radius 2 is 2.21 bits per heavy atom. The molecule has 19 heavy (non-hydrogen) atoms. The molecular weight excluding hydrogens is 271 g/mol. The van der Waals surface area contributed by atoms with E-state index in [1.54, 1.807) is 12.1 Å². The van der Waals surface area contributed by atoms with Crippen molar-refractivity contribution in [3.63, 3.8) is 0 Å². The molecule has 2 aromatic rings. The lowest BCUT2D eigenvalue weighted by atomic mass is 10.3. The largest absolute Gasteiger partial charge is 0.464 e. The van der Waals surface area contributed by atoms with Gasteiger partial charge in [-0.1, -0.05) is 11.6 Å². The summed E-state index contributed by atoms with van der Waals surface area (Å²) in [5, 5.41) is 3.35. The first-order valence-electron chi connectivity index (χ1n) is 5.55. The standard InChI is InChI=1S/C13H12ClFN2O2/c1-19-13(18)11-5-3-9(17-11)7-16-12-6-8(14)2-4-10(12)15/h2-6,16-17H,7H2,1H3. The highest BCUT2D eigenvalue weighted by atomic mass is 35.5. The van der Waals surface area contributed by atoms with Crippen LogP contribution in [-0.2, 0) is 11.3 Å². The van der Waals surface area contributed by atoms with Gasteiger partial charge in [-0.3, -0.25) is 0 Å². The second-order valence-electron chi connectivity index (χ2n) is 3.87. The number of aromatic amines is 1. The Hall–Kier alpha value is -2.01. The van der Waals surface area contributed by atoms with Crippen LogP contribution in [0.4, 0.5) is 10.1 Å². The van der Waals surface area contributed by atoms with Crippen molar-refractivity contribution >= 4 is 23.3 Å². The Morgan fingerprint density at radius 3 is 2.95 bits per heavy atom. The number of H-pyrrole nitrogens is 1. The quantitative estimate of drug-likeness (QED) is 0.847. The van der Waals surface area contributed by atoms with Gasteiger partial charge < -0.3 is 15.0 Å². The van der Waals surface area contributed by atoms with E-state index >= 15 is 0 Å². The minimum Gasteiger partial charge on any atom is -0.464 e. The minimum absolute atomic E-state index is 0.307. The second kappa shape index (κ2) is 5.75. The molecule has 4 nitrogen and oxygen atoms in total. The lowest BCUT2D eigenvalue weighted by Gasteiger charge is -2.06. The number of carbonyl (C=O) groups excluding carboxylic acids is 1. The van der Waals surface area contributed by atoms with Crippen LogP contribution in [-0.4, -0.2) is 18.1 Å². The summed E-state index contributed by atoms with van der Waals surface area (Å²) in [6.45, 7) is 0.342. The third-order valence-electron chi connectivity index (χ3n) is 2.55. The predicted molar refractivity (Wildman–Crippen MR) is 70.9 cm³/mol. The highest BCUT2D eigenvalue weighted by Gasteiger charge is 2.08. The lowest BCUT2D eigenvalue weighted by Crippen LogP contribution is -2.04. The Kier molecular flexibility index (Phi) is 4.06. The maximum Gasteiger partial charge on any atom is 0.354 e. The highest BCUT2D eigenvalue weighted by molar-refractivity contribution is 6.30. The van der Waals surface area contributed by atoms with Crippen LogP contribution >= 0.6 is 11.6 Å². The fourth-order valence-electron chi connectivity index (χ4n) is 1.60. The van der Waals surface area contributed by atoms with Crippen LogP contribution in [0, 0.1) is 5.82 Å². The van der Waals surface area contributed by atoms with Crippen LogP contribution in [0.15, 0.2) is 30.3 Å². The third kappa shape index (κ3) is 3.26. The Bertz CT molecular complexity index is 598. The fourth-order valence-corrected chi connectivity index (χ4v) is 1.77. The summed E-state index contributed by atoms with van der Waals surface area (Å²) >= 11 is 5.79. The molecule has 0 aliphatic carbocycles. The summed E-state index contributed by atoms with van der Waals surface area (Å²) in [4.78, 5) is 14.1. The van der Waals surface area contributed by atoms with Gasteiger partial charge in [-0.15, -0.1) is 0 Å². The fraction of sp³-hybridized carbons (Fsp3) is 0.154. The van der Waals surface area contributed by atoms with Gasteiger partial charge >= 0.3 is 5.97 Å². The number of hydrogen-bond donors (Lipinski definition) is 2. The van der Waals surface area contributed by atoms with Crippen LogP contribution in [0.5, 0.6) is 0 Å². The van der Waals surface area contributed by atoms with Crippen molar-refractivity contribution in [1.29, 1.82) is 0 Å². The number of anilines is 1. The van der Waals surface area contributed by atoms with Crippen molar-refractivity contribution in [2.24, 2.45) is 0 Å². The summed E-state index contributed by atoms with van der Waals surface area (Å²) in [7, 11) is 1.31. The zero-order chi connectivity index (χ0) is 13.8. The number of hydrogen-bond acceptors (Lipinski definition) is 3. The van der Waals surface area contributed by atoms with E-state index in [0.29, 0.717) is 22.9 Å². The molecule has 0 aliphatic rings. The molecule has 1 aromatic carbocycles. The van der Waals surface area contributed by atoms with Crippen LogP contribution in [0.25, 0.3) is 0 Å². The number of rotatable bonds is 4. The monoisotopic (exact) mass is 282 g/mol. The molecule has 0 fully saturated rings. The van der Waals surface area contributed by atoms with Gasteiger partial charge in [-0.2, -0.15) is 0 Å². The van der Waals surface area contributed by atoms with E-state index in [2.05, 4.69) is 15.0 Å². The van der Waals surface area contributed by atoms with E-state index in [1.165, 1.54) is 25.3 Å². The van der Waals surface area contributed by atoms with Gasteiger partial charge in [0.15, 0.2) is 0 Å². The second-order valence-corrected chi connectivity index (χ2v) is 4.30. The molecule has 0 unspecified atom stereocenters. The number of nitrogens with one attached hydrogen (secondary N) is 2. The number of benzene rings is 1. The van der Waals surface area contributed by atoms with Gasteiger partial charge in [0.1, 0.15) is 11.5 Å². The average Bonchev–Trinajstić information content (AvgIpc) is 2.88. The van der Waals surface area contributed by atoms with Gasteiger partial charge in [-0.25, -0.2) is 9.18 Å². The van der Waals surface area contributed by atoms with Crippen LogP contribution in [0.1, 0.15) is 16.2 Å². The number of methoxy groups -OCH3 is 1. The average molecular weight is 283 g/mol. The van der Waals surface area contributed by atoms with Gasteiger partial charge in [0.2, 0.25) is 0 Å². The molecule has 1 aromatic heterocycles. The predicted octanol–water partition coefficient (Wildman–Crippen LogP) is 3.21. The first-order valence-corrected chi connectivity index (χ1v) is 5.93. The van der Waals surface area contributed by atoms with E-state index in [4.69, 9.17) is 11.6 Å². The first kappa shape index (κ1) is 13.4. The molecule has 6 heteroatoms. The molecule has 2 rings (SSSR count). The van der Waals surface area contributed by atoms with Crippen molar-refractivity contribution in [3.05, 3.63) is 52.6 Å². The van der Waals surface area contributed by atoms with E-state index in [-0.39, 0.29) is 5.82 Å². The number of carbonyl (C=O) groups is 1. The smallest absolute Gasteiger partial charge is 0.354 e. The van der Waals surface area contributed by atoms with Crippen LogP contribution < -0.4 is 5.32 Å². The highest BCUT2D eigenvalue weighted by Crippen LogP contribution is 2.20. The molecule has 0 spiro atoms. The van der Waals surface area contributed by atoms with E-state index < -0.39 is 5.97 Å². The SMILES string of the molecule is COC(=O)c1ccc(CNc2cc(Cl)ccc2F)[nH]1. The summed E-state index contributed by atoms with van der Waals surface area (Å²) in [5.41, 5.74) is 1.40. The molecule has 1 heterocycles. The van der Waals surface area contributed by atoms with Gasteiger partial charge in [0.05, 0.1) is 19.3 Å². The molecular formula is C13H12ClFN2O2. The summed E-state index contributed by atoms with van der Waals surface area (Å²) in [5.74, 6) is -0.829. The van der Waals surface area contributed by atoms with Crippen molar-refractivity contribution in [1.82, 2.24) is 4.98 Å². The van der Waals surface area contributed by atoms with Crippen LogP contribution in [0.3, 0.4) is 0 Å². The molecule has 0 amide bonds. The molecule has 0 saturated heterocycles. The minimum atomic E-state index is -0.444. The number of esters is 1. The summed E-state index contributed by atoms with van der Waals surface area (Å²) in [6, 6.07) is 7.60. The maximum absolute atomic E-state index is 13.5. The first-order chi connectivity index (χ1) is 9.10. The Morgan fingerprint density at radius 1 is 1.42 bits per heavy atom. The third-order valence-corrected chi connectivity index (χ3v) is 2.78. The zero-order valence-corrected chi connectivity index (χ0v) is 10.9. The van der Waals surface area contributed by atoms with E-state index in [9.17, 15) is 9.18 Å². The van der Waals surface area contributed by atoms with Crippen LogP contribution in [0.2, 0.25) is 5.02 Å². The molecule has 0 radical (unpaired) electrons. The normalized spacial score (nSPS) is 10.3. The molecule has 0 atom stereocenters. The molecule has 0 bridgehead atoms. The molecule has 100 valence electrons. The number of ether oxygens (including phenoxy) is 1. The van der Waals surface area contributed by atoms with Gasteiger partial charge in [0, 0.05) is 10.7 Å². The topological polar surface area (TPSA) is 54.1 Å². The molecule has 0 saturated carbocycles. The molecule has 0 aliphatic heterocycles. The Balaban J connectivity index is 2.04. The van der Waals surface area contributed by atoms with Crippen molar-refractivity contribution in [2.45, 2.75) is 6.54 Å². The number of aromatic nitrogens is 1. The lowest BCUT2D eigenvalue weighted by molar-refractivity contribution is 0.0594.